The van der Waals surface area contributed by atoms with Crippen molar-refractivity contribution in [1.82, 2.24) is 4.31 Å². The summed E-state index contributed by atoms with van der Waals surface area (Å²) in [5.41, 5.74) is 0. The van der Waals surface area contributed by atoms with Crippen LogP contribution in [0.1, 0.15) is 19.3 Å². The van der Waals surface area contributed by atoms with Gasteiger partial charge in [-0.05, 0) is 25.2 Å². The van der Waals surface area contributed by atoms with E-state index >= 15 is 0 Å². The van der Waals surface area contributed by atoms with Crippen molar-refractivity contribution in [2.24, 2.45) is 5.92 Å². The first-order valence-electron chi connectivity index (χ1n) is 4.56. The summed E-state index contributed by atoms with van der Waals surface area (Å²) in [5.74, 6) is 1.20. The summed E-state index contributed by atoms with van der Waals surface area (Å²) in [6.45, 7) is 0.685. The van der Waals surface area contributed by atoms with E-state index in [0.717, 1.165) is 0 Å². The molecule has 0 aromatic carbocycles. The summed E-state index contributed by atoms with van der Waals surface area (Å²) in [6, 6.07) is 0. The van der Waals surface area contributed by atoms with Crippen LogP contribution in [0.15, 0.2) is 0 Å². The molecule has 13 heavy (non-hydrogen) atoms. The molecule has 3 nitrogen and oxygen atoms in total. The van der Waals surface area contributed by atoms with E-state index in [4.69, 9.17) is 11.6 Å². The van der Waals surface area contributed by atoms with E-state index in [1.165, 1.54) is 17.1 Å². The lowest BCUT2D eigenvalue weighted by Crippen LogP contribution is -2.31. The van der Waals surface area contributed by atoms with E-state index in [1.54, 1.807) is 7.05 Å². The molecule has 0 aliphatic heterocycles. The Morgan fingerprint density at radius 3 is 2.54 bits per heavy atom. The van der Waals surface area contributed by atoms with Gasteiger partial charge in [-0.25, -0.2) is 12.7 Å². The molecule has 0 N–H and O–H groups in total. The molecule has 0 saturated heterocycles. The highest BCUT2D eigenvalue weighted by atomic mass is 35.5. The van der Waals surface area contributed by atoms with Gasteiger partial charge >= 0.3 is 0 Å². The molecule has 5 heteroatoms. The van der Waals surface area contributed by atoms with Gasteiger partial charge in [0.15, 0.2) is 0 Å². The number of alkyl halides is 1. The first kappa shape index (κ1) is 11.3. The summed E-state index contributed by atoms with van der Waals surface area (Å²) < 4.78 is 24.5. The molecular weight excluding hydrogens is 210 g/mol. The Kier molecular flexibility index (Phi) is 4.01. The molecule has 0 amide bonds. The van der Waals surface area contributed by atoms with E-state index in [0.29, 0.717) is 24.8 Å². The Balaban J connectivity index is 2.36. The van der Waals surface area contributed by atoms with Gasteiger partial charge < -0.3 is 0 Å². The van der Waals surface area contributed by atoms with Crippen LogP contribution in [0.25, 0.3) is 0 Å². The zero-order valence-corrected chi connectivity index (χ0v) is 9.44. The third kappa shape index (κ3) is 3.83. The first-order chi connectivity index (χ1) is 6.06. The average molecular weight is 226 g/mol. The Hall–Kier alpha value is 0.200. The molecule has 1 aliphatic rings. The van der Waals surface area contributed by atoms with Crippen LogP contribution in [-0.4, -0.2) is 37.9 Å². The van der Waals surface area contributed by atoms with Crippen molar-refractivity contribution in [3.8, 4) is 0 Å². The molecule has 1 saturated carbocycles. The second kappa shape index (κ2) is 4.62. The number of hydrogen-bond acceptors (Lipinski definition) is 2. The van der Waals surface area contributed by atoms with Crippen LogP contribution in [0.2, 0.25) is 0 Å². The Labute approximate surface area is 85.1 Å². The smallest absolute Gasteiger partial charge is 0.212 e. The minimum absolute atomic E-state index is 0.180. The monoisotopic (exact) mass is 225 g/mol. The lowest BCUT2D eigenvalue weighted by Gasteiger charge is -2.15. The molecule has 0 atom stereocenters. The standard InChI is InChI=1S/C8H16ClNO2S/c1-10(7-8-3-4-8)13(11,12)6-2-5-9/h8H,2-7H2,1H3. The normalized spacial score (nSPS) is 18.1. The van der Waals surface area contributed by atoms with Gasteiger partial charge in [-0.3, -0.25) is 0 Å². The van der Waals surface area contributed by atoms with Gasteiger partial charge in [0.05, 0.1) is 5.75 Å². The van der Waals surface area contributed by atoms with Gasteiger partial charge in [0.2, 0.25) is 10.0 Å². The van der Waals surface area contributed by atoms with Crippen LogP contribution in [-0.2, 0) is 10.0 Å². The third-order valence-electron chi connectivity index (χ3n) is 2.22. The molecule has 0 unspecified atom stereocenters. The fourth-order valence-corrected chi connectivity index (χ4v) is 2.72. The number of rotatable bonds is 6. The molecule has 78 valence electrons. The van der Waals surface area contributed by atoms with E-state index in [1.807, 2.05) is 0 Å². The fourth-order valence-electron chi connectivity index (χ4n) is 1.17. The van der Waals surface area contributed by atoms with E-state index < -0.39 is 10.0 Å². The van der Waals surface area contributed by atoms with Gasteiger partial charge in [0.25, 0.3) is 0 Å². The van der Waals surface area contributed by atoms with E-state index in [9.17, 15) is 8.42 Å². The zero-order valence-electron chi connectivity index (χ0n) is 7.87. The summed E-state index contributed by atoms with van der Waals surface area (Å²) in [7, 11) is -1.37. The zero-order chi connectivity index (χ0) is 9.90. The summed E-state index contributed by atoms with van der Waals surface area (Å²) in [4.78, 5) is 0. The summed E-state index contributed by atoms with van der Waals surface area (Å²) in [5, 5.41) is 0. The molecule has 1 fully saturated rings. The maximum atomic E-state index is 11.5. The first-order valence-corrected chi connectivity index (χ1v) is 6.70. The second-order valence-corrected chi connectivity index (χ2v) is 6.16. The molecular formula is C8H16ClNO2S. The molecule has 1 aliphatic carbocycles. The van der Waals surface area contributed by atoms with Crippen LogP contribution >= 0.6 is 11.6 Å². The van der Waals surface area contributed by atoms with Crippen LogP contribution in [0, 0.1) is 5.92 Å². The van der Waals surface area contributed by atoms with Gasteiger partial charge in [-0.1, -0.05) is 0 Å². The number of hydrogen-bond donors (Lipinski definition) is 0. The lowest BCUT2D eigenvalue weighted by molar-refractivity contribution is 0.452. The molecule has 1 rings (SSSR count). The van der Waals surface area contributed by atoms with Crippen molar-refractivity contribution < 1.29 is 8.42 Å². The third-order valence-corrected chi connectivity index (χ3v) is 4.39. The fraction of sp³-hybridized carbons (Fsp3) is 1.00. The molecule has 0 bridgehead atoms. The van der Waals surface area contributed by atoms with Crippen molar-refractivity contribution in [2.45, 2.75) is 19.3 Å². The van der Waals surface area contributed by atoms with E-state index in [-0.39, 0.29) is 5.75 Å². The average Bonchev–Trinajstić information content (AvgIpc) is 2.84. The maximum Gasteiger partial charge on any atom is 0.213 e. The molecule has 0 aromatic heterocycles. The Bertz CT molecular complexity index is 249. The summed E-state index contributed by atoms with van der Waals surface area (Å²) in [6.07, 6.45) is 2.89. The maximum absolute atomic E-state index is 11.5. The van der Waals surface area contributed by atoms with Crippen LogP contribution in [0.4, 0.5) is 0 Å². The van der Waals surface area contributed by atoms with E-state index in [2.05, 4.69) is 0 Å². The highest BCUT2D eigenvalue weighted by Gasteiger charge is 2.27. The van der Waals surface area contributed by atoms with Gasteiger partial charge in [-0.15, -0.1) is 11.6 Å². The highest BCUT2D eigenvalue weighted by Crippen LogP contribution is 2.30. The largest absolute Gasteiger partial charge is 0.213 e. The van der Waals surface area contributed by atoms with Crippen molar-refractivity contribution >= 4 is 21.6 Å². The quantitative estimate of drug-likeness (QED) is 0.639. The topological polar surface area (TPSA) is 37.4 Å². The highest BCUT2D eigenvalue weighted by molar-refractivity contribution is 7.89. The van der Waals surface area contributed by atoms with Crippen LogP contribution in [0.3, 0.4) is 0 Å². The van der Waals surface area contributed by atoms with Crippen molar-refractivity contribution in [2.75, 3.05) is 25.2 Å². The number of halogens is 1. The van der Waals surface area contributed by atoms with Gasteiger partial charge in [0.1, 0.15) is 0 Å². The minimum atomic E-state index is -3.03. The van der Waals surface area contributed by atoms with Gasteiger partial charge in [-0.2, -0.15) is 0 Å². The van der Waals surface area contributed by atoms with Gasteiger partial charge in [0, 0.05) is 19.5 Å². The van der Waals surface area contributed by atoms with Crippen molar-refractivity contribution in [3.63, 3.8) is 0 Å². The Morgan fingerprint density at radius 2 is 2.08 bits per heavy atom. The molecule has 0 aromatic rings. The van der Waals surface area contributed by atoms with Crippen molar-refractivity contribution in [1.29, 1.82) is 0 Å². The van der Waals surface area contributed by atoms with Crippen molar-refractivity contribution in [3.05, 3.63) is 0 Å². The minimum Gasteiger partial charge on any atom is -0.212 e. The summed E-state index contributed by atoms with van der Waals surface area (Å²) >= 11 is 5.45. The predicted molar refractivity (Wildman–Crippen MR) is 54.5 cm³/mol. The number of sulfonamides is 1. The van der Waals surface area contributed by atoms with Crippen LogP contribution < -0.4 is 0 Å². The van der Waals surface area contributed by atoms with Crippen LogP contribution in [0.5, 0.6) is 0 Å². The molecule has 0 radical (unpaired) electrons. The molecule has 0 spiro atoms. The Morgan fingerprint density at radius 1 is 1.46 bits per heavy atom. The predicted octanol–water partition coefficient (Wildman–Crippen LogP) is 1.29. The lowest BCUT2D eigenvalue weighted by atomic mass is 10.4. The SMILES string of the molecule is CN(CC1CC1)S(=O)(=O)CCCCl. The number of nitrogens with zero attached hydrogens (tertiary/aromatic N) is 1. The second-order valence-electron chi connectivity index (χ2n) is 3.58. The molecule has 0 heterocycles.